The molecule has 3 aromatic rings. The van der Waals surface area contributed by atoms with Gasteiger partial charge in [-0.25, -0.2) is 0 Å². The molecule has 0 amide bonds. The van der Waals surface area contributed by atoms with Crippen molar-refractivity contribution in [3.8, 4) is 11.8 Å². The Hall–Kier alpha value is -2.73. The van der Waals surface area contributed by atoms with Gasteiger partial charge < -0.3 is 10.3 Å². The minimum Gasteiger partial charge on any atom is -0.397 e. The first-order valence-electron chi connectivity index (χ1n) is 5.66. The predicted molar refractivity (Wildman–Crippen MR) is 72.4 cm³/mol. The smallest absolute Gasteiger partial charge is 0.132 e. The molecular weight excluding hydrogens is 222 g/mol. The topological polar surface area (TPSA) is 54.7 Å². The molecule has 0 radical (unpaired) electrons. The fourth-order valence-electron chi connectivity index (χ4n) is 2.17. The quantitative estimate of drug-likeness (QED) is 0.656. The number of nitrogens with zero attached hydrogens (tertiary/aromatic N) is 2. The second-order valence-electron chi connectivity index (χ2n) is 4.11. The van der Waals surface area contributed by atoms with Crippen molar-refractivity contribution in [2.24, 2.45) is 0 Å². The molecule has 3 nitrogen and oxygen atoms in total. The van der Waals surface area contributed by atoms with Crippen LogP contribution in [0.3, 0.4) is 0 Å². The maximum Gasteiger partial charge on any atom is 0.132 e. The van der Waals surface area contributed by atoms with Gasteiger partial charge in [0.1, 0.15) is 11.8 Å². The third kappa shape index (κ3) is 1.44. The van der Waals surface area contributed by atoms with E-state index < -0.39 is 0 Å². The van der Waals surface area contributed by atoms with Crippen LogP contribution in [0.15, 0.2) is 54.7 Å². The van der Waals surface area contributed by atoms with Gasteiger partial charge in [0.05, 0.1) is 11.4 Å². The molecule has 0 unspecified atom stereocenters. The maximum absolute atomic E-state index is 9.35. The monoisotopic (exact) mass is 233 g/mol. The summed E-state index contributed by atoms with van der Waals surface area (Å²) < 4.78 is 1.85. The summed E-state index contributed by atoms with van der Waals surface area (Å²) in [6, 6.07) is 17.6. The molecule has 2 N–H and O–H groups in total. The summed E-state index contributed by atoms with van der Waals surface area (Å²) in [5, 5.41) is 11.3. The van der Waals surface area contributed by atoms with Crippen molar-refractivity contribution in [1.29, 1.82) is 5.26 Å². The van der Waals surface area contributed by atoms with E-state index >= 15 is 0 Å². The second-order valence-corrected chi connectivity index (χ2v) is 4.11. The molecule has 0 atom stereocenters. The summed E-state index contributed by atoms with van der Waals surface area (Å²) in [5.41, 5.74) is 8.08. The lowest BCUT2D eigenvalue weighted by molar-refractivity contribution is 1.06. The van der Waals surface area contributed by atoms with Crippen molar-refractivity contribution in [3.05, 3.63) is 60.4 Å². The molecule has 0 bridgehead atoms. The van der Waals surface area contributed by atoms with Gasteiger partial charge in [-0.2, -0.15) is 5.26 Å². The summed E-state index contributed by atoms with van der Waals surface area (Å²) in [7, 11) is 0. The summed E-state index contributed by atoms with van der Waals surface area (Å²) in [6.07, 6.45) is 1.94. The number of nitrogen functional groups attached to an aromatic ring is 1. The molecule has 3 rings (SSSR count). The van der Waals surface area contributed by atoms with E-state index in [0.717, 1.165) is 16.5 Å². The van der Waals surface area contributed by atoms with Gasteiger partial charge in [-0.3, -0.25) is 0 Å². The molecule has 0 spiro atoms. The molecule has 0 saturated carbocycles. The Morgan fingerprint density at radius 3 is 2.50 bits per heavy atom. The van der Waals surface area contributed by atoms with E-state index in [1.54, 1.807) is 0 Å². The number of aromatic nitrogens is 1. The van der Waals surface area contributed by atoms with Crippen LogP contribution in [0.25, 0.3) is 16.5 Å². The molecule has 1 heterocycles. The van der Waals surface area contributed by atoms with Gasteiger partial charge in [0.25, 0.3) is 0 Å². The lowest BCUT2D eigenvalue weighted by Gasteiger charge is -2.07. The zero-order chi connectivity index (χ0) is 12.5. The van der Waals surface area contributed by atoms with Gasteiger partial charge in [-0.15, -0.1) is 0 Å². The highest BCUT2D eigenvalue weighted by Gasteiger charge is 2.11. The lowest BCUT2D eigenvalue weighted by Crippen LogP contribution is -2.00. The first-order chi connectivity index (χ1) is 8.81. The second kappa shape index (κ2) is 3.94. The highest BCUT2D eigenvalue weighted by Crippen LogP contribution is 2.26. The molecule has 0 aliphatic carbocycles. The molecule has 18 heavy (non-hydrogen) atoms. The van der Waals surface area contributed by atoms with Crippen molar-refractivity contribution in [1.82, 2.24) is 4.57 Å². The predicted octanol–water partition coefficient (Wildman–Crippen LogP) is 3.08. The lowest BCUT2D eigenvalue weighted by atomic mass is 10.2. The van der Waals surface area contributed by atoms with Gasteiger partial charge in [0.15, 0.2) is 0 Å². The minimum absolute atomic E-state index is 0.614. The number of para-hydroxylation sites is 2. The Bertz CT molecular complexity index is 763. The van der Waals surface area contributed by atoms with Gasteiger partial charge in [0, 0.05) is 17.0 Å². The largest absolute Gasteiger partial charge is 0.397 e. The molecule has 0 saturated heterocycles. The third-order valence-electron chi connectivity index (χ3n) is 3.03. The third-order valence-corrected chi connectivity index (χ3v) is 3.03. The molecule has 0 fully saturated rings. The van der Waals surface area contributed by atoms with Crippen LogP contribution >= 0.6 is 0 Å². The van der Waals surface area contributed by atoms with Crippen LogP contribution in [-0.4, -0.2) is 4.57 Å². The summed E-state index contributed by atoms with van der Waals surface area (Å²) in [6.45, 7) is 0. The molecule has 3 heteroatoms. The number of nitrogens with two attached hydrogens (primary N) is 1. The Morgan fingerprint density at radius 2 is 1.72 bits per heavy atom. The standard InChI is InChI=1S/C15H11N3/c16-9-15-12-6-2-1-5-11(12)10-18(15)14-8-4-3-7-13(14)17/h1-8,10H,17H2. The average molecular weight is 233 g/mol. The van der Waals surface area contributed by atoms with E-state index in [1.165, 1.54) is 0 Å². The van der Waals surface area contributed by atoms with Crippen LogP contribution in [-0.2, 0) is 0 Å². The fourth-order valence-corrected chi connectivity index (χ4v) is 2.17. The Kier molecular flexibility index (Phi) is 2.28. The fraction of sp³-hybridized carbons (Fsp3) is 0. The van der Waals surface area contributed by atoms with Crippen LogP contribution in [0.2, 0.25) is 0 Å². The zero-order valence-corrected chi connectivity index (χ0v) is 9.67. The molecule has 0 aliphatic heterocycles. The van der Waals surface area contributed by atoms with Crippen LogP contribution in [0.1, 0.15) is 5.69 Å². The summed E-state index contributed by atoms with van der Waals surface area (Å²) >= 11 is 0. The Labute approximate surface area is 105 Å². The summed E-state index contributed by atoms with van der Waals surface area (Å²) in [5.74, 6) is 0. The highest BCUT2D eigenvalue weighted by atomic mass is 15.0. The first kappa shape index (κ1) is 10.4. The highest BCUT2D eigenvalue weighted by molar-refractivity contribution is 5.89. The number of anilines is 1. The number of hydrogen-bond acceptors (Lipinski definition) is 2. The molecule has 0 aliphatic rings. The number of nitriles is 1. The van der Waals surface area contributed by atoms with E-state index in [2.05, 4.69) is 6.07 Å². The summed E-state index contributed by atoms with van der Waals surface area (Å²) in [4.78, 5) is 0. The van der Waals surface area contributed by atoms with Gasteiger partial charge >= 0.3 is 0 Å². The van der Waals surface area contributed by atoms with Crippen LogP contribution in [0.4, 0.5) is 5.69 Å². The van der Waals surface area contributed by atoms with E-state index in [0.29, 0.717) is 11.4 Å². The number of fused-ring (bicyclic) bond motifs is 1. The van der Waals surface area contributed by atoms with Crippen molar-refractivity contribution in [2.75, 3.05) is 5.73 Å². The normalized spacial score (nSPS) is 10.4. The van der Waals surface area contributed by atoms with Gasteiger partial charge in [-0.05, 0) is 12.1 Å². The van der Waals surface area contributed by atoms with Gasteiger partial charge in [0.2, 0.25) is 0 Å². The van der Waals surface area contributed by atoms with E-state index in [4.69, 9.17) is 5.73 Å². The van der Waals surface area contributed by atoms with Crippen molar-refractivity contribution in [3.63, 3.8) is 0 Å². The SMILES string of the molecule is N#Cc1c2ccccc2cn1-c1ccccc1N. The number of hydrogen-bond donors (Lipinski definition) is 1. The number of rotatable bonds is 1. The van der Waals surface area contributed by atoms with Gasteiger partial charge in [-0.1, -0.05) is 36.4 Å². The molecule has 2 aromatic carbocycles. The van der Waals surface area contributed by atoms with E-state index in [9.17, 15) is 5.26 Å². The van der Waals surface area contributed by atoms with Crippen molar-refractivity contribution in [2.45, 2.75) is 0 Å². The Balaban J connectivity index is 2.37. The van der Waals surface area contributed by atoms with Crippen LogP contribution in [0.5, 0.6) is 0 Å². The van der Waals surface area contributed by atoms with Crippen molar-refractivity contribution >= 4 is 16.5 Å². The van der Waals surface area contributed by atoms with Crippen LogP contribution < -0.4 is 5.73 Å². The van der Waals surface area contributed by atoms with Crippen LogP contribution in [0, 0.1) is 11.3 Å². The van der Waals surface area contributed by atoms with Crippen molar-refractivity contribution < 1.29 is 0 Å². The maximum atomic E-state index is 9.35. The molecule has 86 valence electrons. The Morgan fingerprint density at radius 1 is 1.00 bits per heavy atom. The zero-order valence-electron chi connectivity index (χ0n) is 9.67. The van der Waals surface area contributed by atoms with E-state index in [1.807, 2.05) is 59.3 Å². The number of benzene rings is 2. The first-order valence-corrected chi connectivity index (χ1v) is 5.66. The average Bonchev–Trinajstić information content (AvgIpc) is 2.77. The molecule has 1 aromatic heterocycles. The van der Waals surface area contributed by atoms with E-state index in [-0.39, 0.29) is 0 Å². The minimum atomic E-state index is 0.614. The molecular formula is C15H11N3.